The number of benzene rings is 4. The number of aromatic nitrogens is 1. The van der Waals surface area contributed by atoms with Gasteiger partial charge < -0.3 is 24.7 Å². The van der Waals surface area contributed by atoms with Gasteiger partial charge in [-0.15, -0.1) is 0 Å². The van der Waals surface area contributed by atoms with E-state index in [4.69, 9.17) is 24.7 Å². The van der Waals surface area contributed by atoms with Gasteiger partial charge in [0.2, 0.25) is 0 Å². The molecule has 5 rings (SSSR count). The van der Waals surface area contributed by atoms with Gasteiger partial charge in [-0.3, -0.25) is 4.57 Å². The Morgan fingerprint density at radius 3 is 1.54 bits per heavy atom. The summed E-state index contributed by atoms with van der Waals surface area (Å²) in [5, 5.41) is 4.56. The van der Waals surface area contributed by atoms with Crippen LogP contribution in [0.15, 0.2) is 78.9 Å². The molecule has 1 aromatic heterocycles. The first-order valence-electron chi connectivity index (χ1n) is 13.9. The van der Waals surface area contributed by atoms with Crippen LogP contribution in [0.3, 0.4) is 0 Å². The number of ether oxygens (including phenoxy) is 4. The van der Waals surface area contributed by atoms with E-state index in [-0.39, 0.29) is 0 Å². The van der Waals surface area contributed by atoms with E-state index in [9.17, 15) is 4.79 Å². The van der Waals surface area contributed by atoms with Crippen LogP contribution in [0.5, 0.6) is 23.0 Å². The molecule has 5 aromatic rings. The SMILES string of the molecule is CCOc1cccc(OCC)c1P(c1c(OCC)cccc1OCC)c1cccc2c3ccccc3n(C(N)=O)c12. The summed E-state index contributed by atoms with van der Waals surface area (Å²) in [4.78, 5) is 13.1. The molecule has 0 bridgehead atoms. The monoisotopic (exact) mass is 570 g/mol. The highest BCUT2D eigenvalue weighted by molar-refractivity contribution is 7.81. The number of amides is 1. The Labute approximate surface area is 241 Å². The highest BCUT2D eigenvalue weighted by atomic mass is 31.1. The summed E-state index contributed by atoms with van der Waals surface area (Å²) in [5.74, 6) is 2.82. The number of carbonyl (C=O) groups is 1. The molecule has 41 heavy (non-hydrogen) atoms. The third kappa shape index (κ3) is 5.18. The van der Waals surface area contributed by atoms with Crippen LogP contribution < -0.4 is 40.6 Å². The minimum absolute atomic E-state index is 0.475. The molecule has 0 aliphatic carbocycles. The molecule has 0 aliphatic heterocycles. The van der Waals surface area contributed by atoms with Gasteiger partial charge in [0, 0.05) is 24.0 Å². The van der Waals surface area contributed by atoms with Crippen molar-refractivity contribution in [1.82, 2.24) is 4.57 Å². The first kappa shape index (κ1) is 28.3. The van der Waals surface area contributed by atoms with E-state index in [1.54, 1.807) is 4.57 Å². The van der Waals surface area contributed by atoms with Crippen molar-refractivity contribution in [2.24, 2.45) is 5.73 Å². The zero-order chi connectivity index (χ0) is 28.9. The molecule has 0 spiro atoms. The van der Waals surface area contributed by atoms with Gasteiger partial charge in [0.25, 0.3) is 0 Å². The molecule has 0 saturated carbocycles. The molecule has 7 nitrogen and oxygen atoms in total. The van der Waals surface area contributed by atoms with Crippen LogP contribution in [0.1, 0.15) is 27.7 Å². The lowest BCUT2D eigenvalue weighted by molar-refractivity contribution is 0.252. The van der Waals surface area contributed by atoms with Crippen molar-refractivity contribution in [1.29, 1.82) is 0 Å². The van der Waals surface area contributed by atoms with E-state index < -0.39 is 14.0 Å². The van der Waals surface area contributed by atoms with Gasteiger partial charge in [-0.1, -0.05) is 48.5 Å². The maximum absolute atomic E-state index is 13.1. The molecule has 2 N–H and O–H groups in total. The number of fused-ring (bicyclic) bond motifs is 3. The number of rotatable bonds is 11. The third-order valence-corrected chi connectivity index (χ3v) is 9.32. The lowest BCUT2D eigenvalue weighted by Crippen LogP contribution is -2.29. The average Bonchev–Trinajstić information content (AvgIpc) is 3.32. The van der Waals surface area contributed by atoms with Gasteiger partial charge in [0.15, 0.2) is 0 Å². The van der Waals surface area contributed by atoms with E-state index in [0.29, 0.717) is 49.4 Å². The predicted octanol–water partition coefficient (Wildman–Crippen LogP) is 6.07. The van der Waals surface area contributed by atoms with Crippen molar-refractivity contribution in [3.05, 3.63) is 78.9 Å². The van der Waals surface area contributed by atoms with Crippen molar-refractivity contribution in [2.45, 2.75) is 27.7 Å². The fourth-order valence-corrected chi connectivity index (χ4v) is 8.11. The zero-order valence-electron chi connectivity index (χ0n) is 23.8. The van der Waals surface area contributed by atoms with Crippen LogP contribution >= 0.6 is 7.92 Å². The number of para-hydroxylation sites is 2. The fourth-order valence-electron chi connectivity index (χ4n) is 5.30. The normalized spacial score (nSPS) is 11.2. The summed E-state index contributed by atoms with van der Waals surface area (Å²) < 4.78 is 26.6. The Balaban J connectivity index is 1.99. The zero-order valence-corrected chi connectivity index (χ0v) is 24.7. The quantitative estimate of drug-likeness (QED) is 0.195. The maximum atomic E-state index is 13.1. The van der Waals surface area contributed by atoms with E-state index in [1.165, 1.54) is 0 Å². The Hall–Kier alpha value is -4.22. The average molecular weight is 571 g/mol. The Kier molecular flexibility index (Phi) is 8.65. The maximum Gasteiger partial charge on any atom is 0.323 e. The highest BCUT2D eigenvalue weighted by Gasteiger charge is 2.33. The predicted molar refractivity (Wildman–Crippen MR) is 168 cm³/mol. The standard InChI is InChI=1S/C33H35N2O5P/c1-5-37-25-17-12-18-26(38-6-2)31(25)41(32-27(39-7-3)19-13-20-28(32)40-8-4)29-21-11-15-23-22-14-9-10-16-24(22)35(30(23)29)33(34)36/h9-21H,5-8H2,1-4H3,(H2,34,36). The summed E-state index contributed by atoms with van der Waals surface area (Å²) in [6.45, 7) is 9.75. The first-order valence-corrected chi connectivity index (χ1v) is 15.3. The van der Waals surface area contributed by atoms with Crippen LogP contribution in [-0.2, 0) is 0 Å². The smallest absolute Gasteiger partial charge is 0.323 e. The second kappa shape index (κ2) is 12.5. The van der Waals surface area contributed by atoms with Crippen LogP contribution in [0.25, 0.3) is 21.8 Å². The van der Waals surface area contributed by atoms with Crippen LogP contribution in [0.2, 0.25) is 0 Å². The van der Waals surface area contributed by atoms with Gasteiger partial charge in [-0.25, -0.2) is 4.79 Å². The van der Waals surface area contributed by atoms with Gasteiger partial charge >= 0.3 is 6.03 Å². The summed E-state index contributed by atoms with van der Waals surface area (Å²) in [7, 11) is -1.48. The number of nitrogens with two attached hydrogens (primary N) is 1. The summed E-state index contributed by atoms with van der Waals surface area (Å²) in [6, 6.07) is 25.1. The largest absolute Gasteiger partial charge is 0.493 e. The number of hydrogen-bond acceptors (Lipinski definition) is 5. The fraction of sp³-hybridized carbons (Fsp3) is 0.242. The van der Waals surface area contributed by atoms with Gasteiger partial charge in [-0.2, -0.15) is 0 Å². The lowest BCUT2D eigenvalue weighted by Gasteiger charge is -2.28. The molecule has 8 heteroatoms. The molecule has 0 fully saturated rings. The van der Waals surface area contributed by atoms with Crippen LogP contribution in [-0.4, -0.2) is 37.0 Å². The van der Waals surface area contributed by atoms with E-state index >= 15 is 0 Å². The van der Waals surface area contributed by atoms with Crippen molar-refractivity contribution in [2.75, 3.05) is 26.4 Å². The summed E-state index contributed by atoms with van der Waals surface area (Å²) >= 11 is 0. The topological polar surface area (TPSA) is 84.9 Å². The minimum atomic E-state index is -1.48. The number of primary amides is 1. The Morgan fingerprint density at radius 2 is 1.07 bits per heavy atom. The van der Waals surface area contributed by atoms with E-state index in [2.05, 4.69) is 6.07 Å². The van der Waals surface area contributed by atoms with Crippen molar-refractivity contribution in [3.63, 3.8) is 0 Å². The van der Waals surface area contributed by atoms with Crippen LogP contribution in [0, 0.1) is 0 Å². The third-order valence-electron chi connectivity index (χ3n) is 6.71. The van der Waals surface area contributed by atoms with Gasteiger partial charge in [0.05, 0.1) is 48.1 Å². The molecule has 1 heterocycles. The highest BCUT2D eigenvalue weighted by Crippen LogP contribution is 2.48. The van der Waals surface area contributed by atoms with Gasteiger partial charge in [0.1, 0.15) is 23.0 Å². The Bertz CT molecular complexity index is 1590. The van der Waals surface area contributed by atoms with E-state index in [0.717, 1.165) is 37.7 Å². The molecule has 0 saturated heterocycles. The lowest BCUT2D eigenvalue weighted by atomic mass is 10.1. The summed E-state index contributed by atoms with van der Waals surface area (Å²) in [6.07, 6.45) is 0. The van der Waals surface area contributed by atoms with E-state index in [1.807, 2.05) is 100 Å². The minimum Gasteiger partial charge on any atom is -0.493 e. The molecule has 0 atom stereocenters. The molecular weight excluding hydrogens is 535 g/mol. The second-order valence-electron chi connectivity index (χ2n) is 9.14. The first-order chi connectivity index (χ1) is 20.0. The summed E-state index contributed by atoms with van der Waals surface area (Å²) in [5.41, 5.74) is 7.58. The number of hydrogen-bond donors (Lipinski definition) is 1. The van der Waals surface area contributed by atoms with Crippen molar-refractivity contribution in [3.8, 4) is 23.0 Å². The van der Waals surface area contributed by atoms with Crippen molar-refractivity contribution >= 4 is 51.7 Å². The van der Waals surface area contributed by atoms with Crippen LogP contribution in [0.4, 0.5) is 4.79 Å². The molecular formula is C33H35N2O5P. The molecule has 0 radical (unpaired) electrons. The molecule has 1 amide bonds. The molecule has 0 unspecified atom stereocenters. The second-order valence-corrected chi connectivity index (χ2v) is 11.2. The number of carbonyl (C=O) groups excluding carboxylic acids is 1. The molecule has 212 valence electrons. The number of nitrogens with zero attached hydrogens (tertiary/aromatic N) is 1. The van der Waals surface area contributed by atoms with Crippen molar-refractivity contribution < 1.29 is 23.7 Å². The van der Waals surface area contributed by atoms with Gasteiger partial charge in [-0.05, 0) is 58.0 Å². The Morgan fingerprint density at radius 1 is 0.634 bits per heavy atom. The molecule has 0 aliphatic rings. The molecule has 4 aromatic carbocycles.